The number of hydrogen-bond acceptors (Lipinski definition) is 3. The van der Waals surface area contributed by atoms with E-state index >= 15 is 0 Å². The maximum absolute atomic E-state index is 11.7. The van der Waals surface area contributed by atoms with Crippen LogP contribution in [0.1, 0.15) is 34.8 Å². The number of Topliss-reactive ketones (excluding diaryl/α,β-unsaturated/α-hetero) is 1. The lowest BCUT2D eigenvalue weighted by atomic mass is 9.93. The van der Waals surface area contributed by atoms with Gasteiger partial charge in [0.05, 0.1) is 4.92 Å². The second-order valence-electron chi connectivity index (χ2n) is 5.06. The fraction of sp³-hybridized carbons (Fsp3) is 0.235. The summed E-state index contributed by atoms with van der Waals surface area (Å²) in [4.78, 5) is 22.3. The molecule has 0 saturated carbocycles. The van der Waals surface area contributed by atoms with Crippen LogP contribution in [0.5, 0.6) is 0 Å². The monoisotopic (exact) mass is 283 g/mol. The van der Waals surface area contributed by atoms with E-state index in [1.807, 2.05) is 32.9 Å². The first-order chi connectivity index (χ1) is 9.93. The summed E-state index contributed by atoms with van der Waals surface area (Å²) in [5.74, 6) is 0.0976. The minimum absolute atomic E-state index is 0.0729. The Hall–Kier alpha value is -2.49. The van der Waals surface area contributed by atoms with Crippen molar-refractivity contribution in [2.45, 2.75) is 27.2 Å². The van der Waals surface area contributed by atoms with Crippen molar-refractivity contribution < 1.29 is 9.72 Å². The number of hydrogen-bond donors (Lipinski definition) is 0. The first-order valence-electron chi connectivity index (χ1n) is 6.83. The zero-order valence-corrected chi connectivity index (χ0v) is 12.3. The molecule has 0 aliphatic carbocycles. The minimum atomic E-state index is -0.396. The minimum Gasteiger partial charge on any atom is -0.294 e. The average Bonchev–Trinajstić information content (AvgIpc) is 2.47. The van der Waals surface area contributed by atoms with E-state index in [0.717, 1.165) is 22.3 Å². The Kier molecular flexibility index (Phi) is 4.17. The van der Waals surface area contributed by atoms with Crippen molar-refractivity contribution in [3.8, 4) is 11.1 Å². The third-order valence-electron chi connectivity index (χ3n) is 3.59. The highest BCUT2D eigenvalue weighted by Crippen LogP contribution is 2.30. The Bertz CT molecular complexity index is 720. The number of nitro groups is 1. The SMILES string of the molecule is CCC(=O)c1ccc(-c2cc([N+](=O)[O-])ccc2C)c(C)c1. The lowest BCUT2D eigenvalue weighted by molar-refractivity contribution is -0.384. The van der Waals surface area contributed by atoms with Gasteiger partial charge >= 0.3 is 0 Å². The van der Waals surface area contributed by atoms with Gasteiger partial charge in [0.15, 0.2) is 5.78 Å². The summed E-state index contributed by atoms with van der Waals surface area (Å²) in [5, 5.41) is 10.9. The van der Waals surface area contributed by atoms with E-state index in [9.17, 15) is 14.9 Å². The molecule has 0 spiro atoms. The van der Waals surface area contributed by atoms with Crippen LogP contribution in [0, 0.1) is 24.0 Å². The van der Waals surface area contributed by atoms with E-state index in [4.69, 9.17) is 0 Å². The molecule has 108 valence electrons. The molecule has 0 aliphatic rings. The van der Waals surface area contributed by atoms with Crippen LogP contribution in [0.15, 0.2) is 36.4 Å². The van der Waals surface area contributed by atoms with Crippen LogP contribution in [0.3, 0.4) is 0 Å². The lowest BCUT2D eigenvalue weighted by Gasteiger charge is -2.10. The average molecular weight is 283 g/mol. The Balaban J connectivity index is 2.54. The number of ketones is 1. The molecule has 2 aromatic carbocycles. The number of aryl methyl sites for hydroxylation is 2. The van der Waals surface area contributed by atoms with Gasteiger partial charge in [-0.3, -0.25) is 14.9 Å². The van der Waals surface area contributed by atoms with Crippen molar-refractivity contribution in [3.63, 3.8) is 0 Å². The van der Waals surface area contributed by atoms with Gasteiger partial charge in [-0.05, 0) is 42.2 Å². The predicted molar refractivity (Wildman–Crippen MR) is 82.6 cm³/mol. The molecule has 0 bridgehead atoms. The number of nitro benzene ring substituents is 1. The predicted octanol–water partition coefficient (Wildman–Crippen LogP) is 4.47. The Morgan fingerprint density at radius 2 is 1.76 bits per heavy atom. The lowest BCUT2D eigenvalue weighted by Crippen LogP contribution is -1.98. The van der Waals surface area contributed by atoms with E-state index in [2.05, 4.69) is 0 Å². The first kappa shape index (κ1) is 14.9. The second kappa shape index (κ2) is 5.87. The van der Waals surface area contributed by atoms with Crippen LogP contribution in [-0.2, 0) is 0 Å². The Morgan fingerprint density at radius 3 is 2.33 bits per heavy atom. The van der Waals surface area contributed by atoms with E-state index < -0.39 is 4.92 Å². The van der Waals surface area contributed by atoms with E-state index in [1.165, 1.54) is 6.07 Å². The molecule has 0 saturated heterocycles. The molecule has 0 atom stereocenters. The van der Waals surface area contributed by atoms with Crippen molar-refractivity contribution in [2.24, 2.45) is 0 Å². The van der Waals surface area contributed by atoms with Crippen molar-refractivity contribution in [3.05, 3.63) is 63.2 Å². The molecule has 0 heterocycles. The van der Waals surface area contributed by atoms with Gasteiger partial charge in [-0.1, -0.05) is 25.1 Å². The van der Waals surface area contributed by atoms with Crippen molar-refractivity contribution in [1.29, 1.82) is 0 Å². The highest BCUT2D eigenvalue weighted by Gasteiger charge is 2.13. The van der Waals surface area contributed by atoms with Crippen LogP contribution < -0.4 is 0 Å². The molecule has 0 fully saturated rings. The molecule has 0 aromatic heterocycles. The van der Waals surface area contributed by atoms with Crippen molar-refractivity contribution >= 4 is 11.5 Å². The molecule has 0 N–H and O–H groups in total. The van der Waals surface area contributed by atoms with Crippen LogP contribution in [0.4, 0.5) is 5.69 Å². The molecule has 2 rings (SSSR count). The number of carbonyl (C=O) groups excluding carboxylic acids is 1. The third-order valence-corrected chi connectivity index (χ3v) is 3.59. The number of carbonyl (C=O) groups is 1. The van der Waals surface area contributed by atoms with Gasteiger partial charge in [0.2, 0.25) is 0 Å². The summed E-state index contributed by atoms with van der Waals surface area (Å²) in [7, 11) is 0. The first-order valence-corrected chi connectivity index (χ1v) is 6.83. The second-order valence-corrected chi connectivity index (χ2v) is 5.06. The fourth-order valence-electron chi connectivity index (χ4n) is 2.36. The summed E-state index contributed by atoms with van der Waals surface area (Å²) in [6.07, 6.45) is 0.467. The van der Waals surface area contributed by atoms with Crippen LogP contribution >= 0.6 is 0 Å². The highest BCUT2D eigenvalue weighted by molar-refractivity contribution is 5.96. The van der Waals surface area contributed by atoms with Crippen LogP contribution in [0.25, 0.3) is 11.1 Å². The molecule has 0 amide bonds. The molecule has 0 radical (unpaired) electrons. The number of nitrogens with zero attached hydrogens (tertiary/aromatic N) is 1. The topological polar surface area (TPSA) is 60.2 Å². The molecular formula is C17H17NO3. The third kappa shape index (κ3) is 2.99. The van der Waals surface area contributed by atoms with Crippen molar-refractivity contribution in [1.82, 2.24) is 0 Å². The maximum atomic E-state index is 11.7. The van der Waals surface area contributed by atoms with Gasteiger partial charge in [0.1, 0.15) is 0 Å². The van der Waals surface area contributed by atoms with Gasteiger partial charge < -0.3 is 0 Å². The standard InChI is InChI=1S/C17H17NO3/c1-4-17(19)13-6-8-15(12(3)9-13)16-10-14(18(20)21)7-5-11(16)2/h5-10H,4H2,1-3H3. The van der Waals surface area contributed by atoms with E-state index in [0.29, 0.717) is 12.0 Å². The number of rotatable bonds is 4. The summed E-state index contributed by atoms with van der Waals surface area (Å²) >= 11 is 0. The Morgan fingerprint density at radius 1 is 1.05 bits per heavy atom. The van der Waals surface area contributed by atoms with E-state index in [-0.39, 0.29) is 11.5 Å². The largest absolute Gasteiger partial charge is 0.294 e. The fourth-order valence-corrected chi connectivity index (χ4v) is 2.36. The molecule has 0 unspecified atom stereocenters. The zero-order valence-electron chi connectivity index (χ0n) is 12.3. The van der Waals surface area contributed by atoms with E-state index in [1.54, 1.807) is 18.2 Å². The quantitative estimate of drug-likeness (QED) is 0.472. The maximum Gasteiger partial charge on any atom is 0.270 e. The van der Waals surface area contributed by atoms with Crippen molar-refractivity contribution in [2.75, 3.05) is 0 Å². The zero-order chi connectivity index (χ0) is 15.6. The van der Waals surface area contributed by atoms with Crippen LogP contribution in [-0.4, -0.2) is 10.7 Å². The van der Waals surface area contributed by atoms with Gasteiger partial charge in [0, 0.05) is 24.1 Å². The normalized spacial score (nSPS) is 10.4. The molecule has 0 aliphatic heterocycles. The number of benzene rings is 2. The molecule has 4 heteroatoms. The summed E-state index contributed by atoms with van der Waals surface area (Å²) in [6.45, 7) is 5.67. The van der Waals surface area contributed by atoms with Gasteiger partial charge in [-0.15, -0.1) is 0 Å². The molecule has 4 nitrogen and oxygen atoms in total. The van der Waals surface area contributed by atoms with Gasteiger partial charge in [-0.2, -0.15) is 0 Å². The van der Waals surface area contributed by atoms with Crippen LogP contribution in [0.2, 0.25) is 0 Å². The highest BCUT2D eigenvalue weighted by atomic mass is 16.6. The smallest absolute Gasteiger partial charge is 0.270 e. The van der Waals surface area contributed by atoms with Gasteiger partial charge in [0.25, 0.3) is 5.69 Å². The summed E-state index contributed by atoms with van der Waals surface area (Å²) in [5.41, 5.74) is 4.42. The molecule has 21 heavy (non-hydrogen) atoms. The summed E-state index contributed by atoms with van der Waals surface area (Å²) < 4.78 is 0. The number of non-ortho nitro benzene ring substituents is 1. The Labute approximate surface area is 123 Å². The molecular weight excluding hydrogens is 266 g/mol. The molecule has 2 aromatic rings. The van der Waals surface area contributed by atoms with Gasteiger partial charge in [-0.25, -0.2) is 0 Å². The summed E-state index contributed by atoms with van der Waals surface area (Å²) in [6, 6.07) is 10.3.